The van der Waals surface area contributed by atoms with E-state index in [-0.39, 0.29) is 0 Å². The zero-order valence-electron chi connectivity index (χ0n) is 10.5. The SMILES string of the molecule is Cc1cc(-c2noc(-c3sccc3N)n2)cc(C)n1. The molecule has 0 saturated carbocycles. The summed E-state index contributed by atoms with van der Waals surface area (Å²) in [5.74, 6) is 1.01. The molecule has 0 bridgehead atoms. The quantitative estimate of drug-likeness (QED) is 0.775. The topological polar surface area (TPSA) is 77.8 Å². The molecule has 5 nitrogen and oxygen atoms in total. The fourth-order valence-electron chi connectivity index (χ4n) is 1.89. The molecule has 0 aromatic carbocycles. The molecule has 3 aromatic rings. The first-order valence-electron chi connectivity index (χ1n) is 5.76. The maximum Gasteiger partial charge on any atom is 0.270 e. The molecule has 0 aliphatic carbocycles. The zero-order valence-corrected chi connectivity index (χ0v) is 11.4. The fraction of sp³-hybridized carbons (Fsp3) is 0.154. The van der Waals surface area contributed by atoms with Gasteiger partial charge in [0.25, 0.3) is 5.89 Å². The van der Waals surface area contributed by atoms with Crippen molar-refractivity contribution in [2.24, 2.45) is 0 Å². The van der Waals surface area contributed by atoms with Gasteiger partial charge in [-0.1, -0.05) is 5.16 Å². The maximum absolute atomic E-state index is 5.84. The Hall–Kier alpha value is -2.21. The number of hydrogen-bond acceptors (Lipinski definition) is 6. The van der Waals surface area contributed by atoms with Gasteiger partial charge >= 0.3 is 0 Å². The number of nitrogen functional groups attached to an aromatic ring is 1. The van der Waals surface area contributed by atoms with Crippen LogP contribution in [-0.4, -0.2) is 15.1 Å². The van der Waals surface area contributed by atoms with Gasteiger partial charge < -0.3 is 10.3 Å². The second kappa shape index (κ2) is 4.47. The van der Waals surface area contributed by atoms with E-state index in [1.807, 2.05) is 37.4 Å². The molecule has 0 unspecified atom stereocenters. The lowest BCUT2D eigenvalue weighted by Gasteiger charge is -1.98. The number of nitrogens with zero attached hydrogens (tertiary/aromatic N) is 3. The number of nitrogens with two attached hydrogens (primary N) is 1. The van der Waals surface area contributed by atoms with Crippen LogP contribution in [0.15, 0.2) is 28.1 Å². The van der Waals surface area contributed by atoms with Crippen molar-refractivity contribution in [2.45, 2.75) is 13.8 Å². The molecule has 0 radical (unpaired) electrons. The average molecular weight is 272 g/mol. The van der Waals surface area contributed by atoms with Crippen molar-refractivity contribution in [1.29, 1.82) is 0 Å². The Kier molecular flexibility index (Phi) is 2.79. The molecule has 19 heavy (non-hydrogen) atoms. The normalized spacial score (nSPS) is 10.8. The molecule has 3 heterocycles. The molecule has 2 N–H and O–H groups in total. The minimum atomic E-state index is 0.453. The van der Waals surface area contributed by atoms with Crippen molar-refractivity contribution in [3.8, 4) is 22.2 Å². The van der Waals surface area contributed by atoms with Gasteiger partial charge in [0.2, 0.25) is 5.82 Å². The van der Waals surface area contributed by atoms with Crippen molar-refractivity contribution in [2.75, 3.05) is 5.73 Å². The van der Waals surface area contributed by atoms with Crippen LogP contribution in [0, 0.1) is 13.8 Å². The van der Waals surface area contributed by atoms with Crippen LogP contribution >= 0.6 is 11.3 Å². The Labute approximate surface area is 114 Å². The van der Waals surface area contributed by atoms with E-state index in [2.05, 4.69) is 15.1 Å². The molecule has 0 saturated heterocycles. The van der Waals surface area contributed by atoms with E-state index < -0.39 is 0 Å². The molecule has 3 rings (SSSR count). The number of hydrogen-bond donors (Lipinski definition) is 1. The van der Waals surface area contributed by atoms with Crippen molar-refractivity contribution >= 4 is 17.0 Å². The Morgan fingerprint density at radius 3 is 2.53 bits per heavy atom. The molecule has 0 amide bonds. The summed E-state index contributed by atoms with van der Waals surface area (Å²) >= 11 is 1.48. The van der Waals surface area contributed by atoms with Gasteiger partial charge in [-0.3, -0.25) is 4.98 Å². The monoisotopic (exact) mass is 272 g/mol. The summed E-state index contributed by atoms with van der Waals surface area (Å²) in [6.45, 7) is 3.88. The van der Waals surface area contributed by atoms with Crippen molar-refractivity contribution in [3.05, 3.63) is 35.0 Å². The minimum Gasteiger partial charge on any atom is -0.397 e. The zero-order chi connectivity index (χ0) is 13.4. The Morgan fingerprint density at radius 2 is 1.89 bits per heavy atom. The molecule has 0 aliphatic heterocycles. The second-order valence-electron chi connectivity index (χ2n) is 4.27. The van der Waals surface area contributed by atoms with E-state index >= 15 is 0 Å². The van der Waals surface area contributed by atoms with Gasteiger partial charge in [-0.15, -0.1) is 11.3 Å². The molecule has 6 heteroatoms. The van der Waals surface area contributed by atoms with Crippen LogP contribution in [-0.2, 0) is 0 Å². The Balaban J connectivity index is 2.04. The number of aryl methyl sites for hydroxylation is 2. The van der Waals surface area contributed by atoms with Gasteiger partial charge in [0.05, 0.1) is 5.69 Å². The van der Waals surface area contributed by atoms with Crippen molar-refractivity contribution < 1.29 is 4.52 Å². The molecule has 0 fully saturated rings. The highest BCUT2D eigenvalue weighted by molar-refractivity contribution is 7.14. The van der Waals surface area contributed by atoms with E-state index in [1.54, 1.807) is 0 Å². The molecule has 0 spiro atoms. The number of thiophene rings is 1. The van der Waals surface area contributed by atoms with Gasteiger partial charge in [-0.25, -0.2) is 0 Å². The van der Waals surface area contributed by atoms with Crippen LogP contribution < -0.4 is 5.73 Å². The fourth-order valence-corrected chi connectivity index (χ4v) is 2.63. The third-order valence-corrected chi connectivity index (χ3v) is 3.57. The first kappa shape index (κ1) is 11.9. The summed E-state index contributed by atoms with van der Waals surface area (Å²) < 4.78 is 5.27. The number of rotatable bonds is 2. The van der Waals surface area contributed by atoms with Crippen LogP contribution in [0.2, 0.25) is 0 Å². The Morgan fingerprint density at radius 1 is 1.16 bits per heavy atom. The lowest BCUT2D eigenvalue weighted by molar-refractivity contribution is 0.433. The maximum atomic E-state index is 5.84. The van der Waals surface area contributed by atoms with Crippen LogP contribution in [0.3, 0.4) is 0 Å². The molecular formula is C13H12N4OS. The summed E-state index contributed by atoms with van der Waals surface area (Å²) in [4.78, 5) is 9.52. The first-order valence-corrected chi connectivity index (χ1v) is 6.64. The number of pyridine rings is 1. The van der Waals surface area contributed by atoms with E-state index in [0.717, 1.165) is 21.8 Å². The highest BCUT2D eigenvalue weighted by Gasteiger charge is 2.14. The largest absolute Gasteiger partial charge is 0.397 e. The minimum absolute atomic E-state index is 0.453. The summed E-state index contributed by atoms with van der Waals surface area (Å²) in [7, 11) is 0. The average Bonchev–Trinajstić information content (AvgIpc) is 2.95. The standard InChI is InChI=1S/C13H12N4OS/c1-7-5-9(6-8(2)15-7)12-16-13(18-17-12)11-10(14)3-4-19-11/h3-6H,14H2,1-2H3. The van der Waals surface area contributed by atoms with Gasteiger partial charge in [0.15, 0.2) is 0 Å². The van der Waals surface area contributed by atoms with Gasteiger partial charge in [-0.2, -0.15) is 4.98 Å². The molecular weight excluding hydrogens is 260 g/mol. The predicted molar refractivity (Wildman–Crippen MR) is 74.7 cm³/mol. The number of aromatic nitrogens is 3. The lowest BCUT2D eigenvalue weighted by Crippen LogP contribution is -1.89. The summed E-state index contributed by atoms with van der Waals surface area (Å²) in [5.41, 5.74) is 9.25. The van der Waals surface area contributed by atoms with Crippen LogP contribution in [0.25, 0.3) is 22.2 Å². The summed E-state index contributed by atoms with van der Waals surface area (Å²) in [6, 6.07) is 5.68. The molecule has 0 atom stereocenters. The van der Waals surface area contributed by atoms with Gasteiger partial charge in [-0.05, 0) is 37.4 Å². The van der Waals surface area contributed by atoms with E-state index in [4.69, 9.17) is 10.3 Å². The summed E-state index contributed by atoms with van der Waals surface area (Å²) in [6.07, 6.45) is 0. The van der Waals surface area contributed by atoms with E-state index in [9.17, 15) is 0 Å². The van der Waals surface area contributed by atoms with Crippen LogP contribution in [0.5, 0.6) is 0 Å². The predicted octanol–water partition coefficient (Wildman–Crippen LogP) is 3.06. The van der Waals surface area contributed by atoms with Crippen molar-refractivity contribution in [1.82, 2.24) is 15.1 Å². The highest BCUT2D eigenvalue weighted by Crippen LogP contribution is 2.31. The lowest BCUT2D eigenvalue weighted by atomic mass is 10.2. The van der Waals surface area contributed by atoms with Crippen LogP contribution in [0.1, 0.15) is 11.4 Å². The first-order chi connectivity index (χ1) is 9.13. The molecule has 96 valence electrons. The van der Waals surface area contributed by atoms with Crippen molar-refractivity contribution in [3.63, 3.8) is 0 Å². The highest BCUT2D eigenvalue weighted by atomic mass is 32.1. The third kappa shape index (κ3) is 2.22. The third-order valence-electron chi connectivity index (χ3n) is 2.66. The van der Waals surface area contributed by atoms with Gasteiger partial charge in [0, 0.05) is 17.0 Å². The van der Waals surface area contributed by atoms with Crippen LogP contribution in [0.4, 0.5) is 5.69 Å². The summed E-state index contributed by atoms with van der Waals surface area (Å²) in [5, 5.41) is 5.90. The van der Waals surface area contributed by atoms with Gasteiger partial charge in [0.1, 0.15) is 4.88 Å². The Bertz CT molecular complexity index is 712. The van der Waals surface area contributed by atoms with E-state index in [1.165, 1.54) is 11.3 Å². The molecule has 3 aromatic heterocycles. The second-order valence-corrected chi connectivity index (χ2v) is 5.18. The van der Waals surface area contributed by atoms with E-state index in [0.29, 0.717) is 17.4 Å². The smallest absolute Gasteiger partial charge is 0.270 e. The molecule has 0 aliphatic rings. The number of anilines is 1.